The highest BCUT2D eigenvalue weighted by Gasteiger charge is 2.25. The van der Waals surface area contributed by atoms with Crippen molar-refractivity contribution in [1.29, 1.82) is 0 Å². The Balaban J connectivity index is 3.96. The SMILES string of the molecule is CCCCCCC(CC)(CCC)CCC. The van der Waals surface area contributed by atoms with Crippen molar-refractivity contribution < 1.29 is 0 Å². The minimum atomic E-state index is 0.692. The van der Waals surface area contributed by atoms with Gasteiger partial charge in [-0.1, -0.05) is 72.6 Å². The van der Waals surface area contributed by atoms with Gasteiger partial charge >= 0.3 is 0 Å². The van der Waals surface area contributed by atoms with Gasteiger partial charge in [-0.05, 0) is 24.7 Å². The van der Waals surface area contributed by atoms with Crippen LogP contribution in [0.25, 0.3) is 0 Å². The van der Waals surface area contributed by atoms with E-state index < -0.39 is 0 Å². The Hall–Kier alpha value is 0. The van der Waals surface area contributed by atoms with E-state index in [1.807, 2.05) is 0 Å². The summed E-state index contributed by atoms with van der Waals surface area (Å²) >= 11 is 0. The maximum absolute atomic E-state index is 2.39. The summed E-state index contributed by atoms with van der Waals surface area (Å²) in [6, 6.07) is 0. The number of hydrogen-bond acceptors (Lipinski definition) is 0. The van der Waals surface area contributed by atoms with Crippen molar-refractivity contribution in [2.24, 2.45) is 5.41 Å². The van der Waals surface area contributed by atoms with Crippen LogP contribution in [0.2, 0.25) is 0 Å². The van der Waals surface area contributed by atoms with Crippen LogP contribution < -0.4 is 0 Å². The van der Waals surface area contributed by atoms with Crippen LogP contribution in [-0.4, -0.2) is 0 Å². The zero-order valence-corrected chi connectivity index (χ0v) is 11.6. The van der Waals surface area contributed by atoms with Crippen molar-refractivity contribution in [3.8, 4) is 0 Å². The molecule has 0 aromatic rings. The van der Waals surface area contributed by atoms with Crippen molar-refractivity contribution in [3.05, 3.63) is 0 Å². The first-order valence-electron chi connectivity index (χ1n) is 7.24. The minimum absolute atomic E-state index is 0.692. The average molecular weight is 212 g/mol. The average Bonchev–Trinajstić information content (AvgIpc) is 2.25. The summed E-state index contributed by atoms with van der Waals surface area (Å²) < 4.78 is 0. The molecule has 0 aliphatic carbocycles. The molecule has 0 fully saturated rings. The standard InChI is InChI=1S/C15H32/c1-5-9-10-11-14-15(8-4,12-6-2)13-7-3/h5-14H2,1-4H3. The molecule has 0 saturated heterocycles. The Labute approximate surface area is 97.8 Å². The predicted octanol–water partition coefficient (Wildman–Crippen LogP) is 5.95. The van der Waals surface area contributed by atoms with E-state index in [0.29, 0.717) is 5.41 Å². The normalized spacial score (nSPS) is 12.0. The van der Waals surface area contributed by atoms with Gasteiger partial charge in [-0.25, -0.2) is 0 Å². The molecule has 0 nitrogen and oxygen atoms in total. The summed E-state index contributed by atoms with van der Waals surface area (Å²) in [5.41, 5.74) is 0.692. The highest BCUT2D eigenvalue weighted by atomic mass is 14.3. The molecule has 0 heterocycles. The second-order valence-electron chi connectivity index (χ2n) is 5.16. The first-order valence-corrected chi connectivity index (χ1v) is 7.24. The summed E-state index contributed by atoms with van der Waals surface area (Å²) in [5.74, 6) is 0. The van der Waals surface area contributed by atoms with Gasteiger partial charge in [0.15, 0.2) is 0 Å². The van der Waals surface area contributed by atoms with E-state index >= 15 is 0 Å². The quantitative estimate of drug-likeness (QED) is 0.392. The highest BCUT2D eigenvalue weighted by molar-refractivity contribution is 4.77. The molecule has 0 aliphatic heterocycles. The topological polar surface area (TPSA) is 0 Å². The maximum Gasteiger partial charge on any atom is -0.0300 e. The maximum atomic E-state index is 2.39. The molecule has 92 valence electrons. The molecule has 15 heavy (non-hydrogen) atoms. The van der Waals surface area contributed by atoms with Crippen molar-refractivity contribution in [2.75, 3.05) is 0 Å². The number of hydrogen-bond donors (Lipinski definition) is 0. The van der Waals surface area contributed by atoms with Crippen LogP contribution >= 0.6 is 0 Å². The van der Waals surface area contributed by atoms with Gasteiger partial charge in [-0.2, -0.15) is 0 Å². The molecule has 0 rings (SSSR count). The van der Waals surface area contributed by atoms with Gasteiger partial charge in [0.25, 0.3) is 0 Å². The van der Waals surface area contributed by atoms with Crippen LogP contribution in [-0.2, 0) is 0 Å². The molecule has 0 spiro atoms. The van der Waals surface area contributed by atoms with Crippen molar-refractivity contribution in [2.45, 2.75) is 91.9 Å². The Morgan fingerprint density at radius 3 is 1.60 bits per heavy atom. The smallest absolute Gasteiger partial charge is 0.0300 e. The lowest BCUT2D eigenvalue weighted by atomic mass is 9.73. The first-order chi connectivity index (χ1) is 7.24. The van der Waals surface area contributed by atoms with Crippen LogP contribution in [0.1, 0.15) is 91.9 Å². The van der Waals surface area contributed by atoms with Gasteiger partial charge in [0.05, 0.1) is 0 Å². The highest BCUT2D eigenvalue weighted by Crippen LogP contribution is 2.38. The molecule has 0 N–H and O–H groups in total. The van der Waals surface area contributed by atoms with Gasteiger partial charge in [-0.3, -0.25) is 0 Å². The summed E-state index contributed by atoms with van der Waals surface area (Å²) in [6.07, 6.45) is 14.2. The Bertz CT molecular complexity index is 120. The molecule has 0 heteroatoms. The van der Waals surface area contributed by atoms with Crippen LogP contribution in [0, 0.1) is 5.41 Å². The summed E-state index contributed by atoms with van der Waals surface area (Å²) in [5, 5.41) is 0. The molecule has 0 saturated carbocycles. The minimum Gasteiger partial charge on any atom is -0.0654 e. The lowest BCUT2D eigenvalue weighted by Crippen LogP contribution is -2.19. The third-order valence-electron chi connectivity index (χ3n) is 3.87. The molecular weight excluding hydrogens is 180 g/mol. The molecule has 0 radical (unpaired) electrons. The Morgan fingerprint density at radius 2 is 1.20 bits per heavy atom. The summed E-state index contributed by atoms with van der Waals surface area (Å²) in [7, 11) is 0. The van der Waals surface area contributed by atoms with Gasteiger partial charge in [0.1, 0.15) is 0 Å². The lowest BCUT2D eigenvalue weighted by Gasteiger charge is -2.32. The lowest BCUT2D eigenvalue weighted by molar-refractivity contribution is 0.196. The summed E-state index contributed by atoms with van der Waals surface area (Å²) in [4.78, 5) is 0. The van der Waals surface area contributed by atoms with Gasteiger partial charge in [-0.15, -0.1) is 0 Å². The molecule has 0 aromatic heterocycles. The van der Waals surface area contributed by atoms with E-state index in [-0.39, 0.29) is 0 Å². The fraction of sp³-hybridized carbons (Fsp3) is 1.00. The van der Waals surface area contributed by atoms with Gasteiger partial charge in [0, 0.05) is 0 Å². The molecule has 0 unspecified atom stereocenters. The second-order valence-corrected chi connectivity index (χ2v) is 5.16. The fourth-order valence-corrected chi connectivity index (χ4v) is 2.89. The molecule has 0 atom stereocenters. The number of rotatable bonds is 10. The van der Waals surface area contributed by atoms with E-state index in [1.54, 1.807) is 0 Å². The van der Waals surface area contributed by atoms with Crippen molar-refractivity contribution >= 4 is 0 Å². The van der Waals surface area contributed by atoms with Gasteiger partial charge < -0.3 is 0 Å². The van der Waals surface area contributed by atoms with Crippen LogP contribution in [0.15, 0.2) is 0 Å². The zero-order valence-electron chi connectivity index (χ0n) is 11.6. The molecule has 0 aromatic carbocycles. The van der Waals surface area contributed by atoms with Gasteiger partial charge in [0.2, 0.25) is 0 Å². The number of unbranched alkanes of at least 4 members (excludes halogenated alkanes) is 3. The third-order valence-corrected chi connectivity index (χ3v) is 3.87. The van der Waals surface area contributed by atoms with Crippen molar-refractivity contribution in [1.82, 2.24) is 0 Å². The van der Waals surface area contributed by atoms with E-state index in [1.165, 1.54) is 64.2 Å². The van der Waals surface area contributed by atoms with Crippen molar-refractivity contribution in [3.63, 3.8) is 0 Å². The molecule has 0 bridgehead atoms. The fourth-order valence-electron chi connectivity index (χ4n) is 2.89. The Morgan fingerprint density at radius 1 is 0.600 bits per heavy atom. The molecular formula is C15H32. The predicted molar refractivity (Wildman–Crippen MR) is 71.3 cm³/mol. The largest absolute Gasteiger partial charge is 0.0654 e. The molecule has 0 amide bonds. The first kappa shape index (κ1) is 15.0. The van der Waals surface area contributed by atoms with Crippen LogP contribution in [0.3, 0.4) is 0 Å². The molecule has 0 aliphatic rings. The van der Waals surface area contributed by atoms with E-state index in [0.717, 1.165) is 0 Å². The van der Waals surface area contributed by atoms with Crippen LogP contribution in [0.5, 0.6) is 0 Å². The van der Waals surface area contributed by atoms with Crippen LogP contribution in [0.4, 0.5) is 0 Å². The van der Waals surface area contributed by atoms with E-state index in [9.17, 15) is 0 Å². The third kappa shape index (κ3) is 6.22. The van der Waals surface area contributed by atoms with E-state index in [2.05, 4.69) is 27.7 Å². The summed E-state index contributed by atoms with van der Waals surface area (Å²) in [6.45, 7) is 9.37. The second kappa shape index (κ2) is 9.24. The monoisotopic (exact) mass is 212 g/mol. The van der Waals surface area contributed by atoms with E-state index in [4.69, 9.17) is 0 Å². The zero-order chi connectivity index (χ0) is 11.6. The Kier molecular flexibility index (Phi) is 9.24.